The molecule has 1 rings (SSSR count). The van der Waals surface area contributed by atoms with Crippen LogP contribution in [0.15, 0.2) is 23.3 Å². The maximum Gasteiger partial charge on any atom is 0.295 e. The Morgan fingerprint density at radius 1 is 1.67 bits per heavy atom. The maximum absolute atomic E-state index is 10.8. The van der Waals surface area contributed by atoms with Crippen molar-refractivity contribution >= 4 is 11.8 Å². The number of ether oxygens (including phenoxy) is 1. The van der Waals surface area contributed by atoms with Gasteiger partial charge in [0, 0.05) is 23.6 Å². The molecule has 0 aliphatic heterocycles. The second kappa shape index (κ2) is 6.87. The van der Waals surface area contributed by atoms with Gasteiger partial charge in [0.25, 0.3) is 5.69 Å². The lowest BCUT2D eigenvalue weighted by Crippen LogP contribution is -1.96. The summed E-state index contributed by atoms with van der Waals surface area (Å²) in [4.78, 5) is 16.8. The van der Waals surface area contributed by atoms with E-state index < -0.39 is 4.92 Å². The van der Waals surface area contributed by atoms with Gasteiger partial charge in [-0.15, -0.1) is 0 Å². The summed E-state index contributed by atoms with van der Waals surface area (Å²) in [6, 6.07) is 2.76. The molecule has 94 valence electrons. The lowest BCUT2D eigenvalue weighted by Gasteiger charge is -2.00. The fraction of sp³-hybridized carbons (Fsp3) is 0.300. The minimum absolute atomic E-state index is 0.101. The van der Waals surface area contributed by atoms with E-state index in [2.05, 4.69) is 15.0 Å². The first-order chi connectivity index (χ1) is 8.69. The van der Waals surface area contributed by atoms with E-state index in [1.807, 2.05) is 0 Å². The van der Waals surface area contributed by atoms with Gasteiger partial charge in [0.2, 0.25) is 5.88 Å². The molecule has 0 aliphatic carbocycles. The summed E-state index contributed by atoms with van der Waals surface area (Å²) in [6.45, 7) is 0.296. The molecule has 8 heteroatoms. The molecule has 0 unspecified atom stereocenters. The molecule has 0 aliphatic rings. The molecule has 8 nitrogen and oxygen atoms in total. The zero-order valence-electron chi connectivity index (χ0n) is 9.68. The smallest absolute Gasteiger partial charge is 0.295 e. The minimum atomic E-state index is -0.514. The Kier molecular flexibility index (Phi) is 5.14. The van der Waals surface area contributed by atoms with Crippen LogP contribution in [-0.2, 0) is 0 Å². The highest BCUT2D eigenvalue weighted by molar-refractivity contribution is 5.57. The van der Waals surface area contributed by atoms with Gasteiger partial charge >= 0.3 is 0 Å². The largest absolute Gasteiger partial charge is 0.481 e. The van der Waals surface area contributed by atoms with Gasteiger partial charge < -0.3 is 4.74 Å². The molecular formula is C10H11N5O3. The number of methoxy groups -OCH3 is 1. The number of nitro groups is 1. The maximum atomic E-state index is 10.8. The predicted molar refractivity (Wildman–Crippen MR) is 65.1 cm³/mol. The molecule has 1 aromatic heterocycles. The Bertz CT molecular complexity index is 508. The van der Waals surface area contributed by atoms with Gasteiger partial charge in [-0.05, 0) is 18.0 Å². The Balaban J connectivity index is 2.90. The third kappa shape index (κ3) is 3.76. The molecular weight excluding hydrogens is 238 g/mol. The topological polar surface area (TPSA) is 114 Å². The molecule has 0 atom stereocenters. The number of rotatable bonds is 6. The van der Waals surface area contributed by atoms with Crippen LogP contribution in [0.4, 0.5) is 5.69 Å². The number of hydrogen-bond acceptors (Lipinski definition) is 5. The van der Waals surface area contributed by atoms with Crippen molar-refractivity contribution in [2.45, 2.75) is 6.42 Å². The number of azide groups is 1. The summed E-state index contributed by atoms with van der Waals surface area (Å²) < 4.78 is 4.90. The zero-order valence-corrected chi connectivity index (χ0v) is 9.68. The molecule has 0 fully saturated rings. The van der Waals surface area contributed by atoms with E-state index in [1.54, 1.807) is 6.08 Å². The first-order valence-electron chi connectivity index (χ1n) is 5.06. The van der Waals surface area contributed by atoms with Crippen LogP contribution in [-0.4, -0.2) is 23.6 Å². The van der Waals surface area contributed by atoms with Crippen molar-refractivity contribution in [1.29, 1.82) is 0 Å². The van der Waals surface area contributed by atoms with Crippen molar-refractivity contribution in [3.63, 3.8) is 0 Å². The van der Waals surface area contributed by atoms with Crippen LogP contribution in [0.1, 0.15) is 12.1 Å². The summed E-state index contributed by atoms with van der Waals surface area (Å²) in [5.41, 5.74) is 8.19. The van der Waals surface area contributed by atoms with Crippen LogP contribution in [0.2, 0.25) is 0 Å². The van der Waals surface area contributed by atoms with Gasteiger partial charge in [0.1, 0.15) is 5.69 Å². The predicted octanol–water partition coefficient (Wildman–Crippen LogP) is 2.71. The average Bonchev–Trinajstić information content (AvgIpc) is 2.38. The quantitative estimate of drug-likeness (QED) is 0.192. The van der Waals surface area contributed by atoms with Crippen LogP contribution in [0.5, 0.6) is 5.88 Å². The average molecular weight is 249 g/mol. The highest BCUT2D eigenvalue weighted by Crippen LogP contribution is 2.21. The van der Waals surface area contributed by atoms with E-state index in [1.165, 1.54) is 25.3 Å². The number of pyridine rings is 1. The normalized spacial score (nSPS) is 10.1. The van der Waals surface area contributed by atoms with E-state index >= 15 is 0 Å². The van der Waals surface area contributed by atoms with Gasteiger partial charge in [0.15, 0.2) is 0 Å². The Morgan fingerprint density at radius 2 is 2.44 bits per heavy atom. The number of hydrogen-bond donors (Lipinski definition) is 0. The minimum Gasteiger partial charge on any atom is -0.481 e. The molecule has 1 heterocycles. The molecule has 18 heavy (non-hydrogen) atoms. The second-order valence-electron chi connectivity index (χ2n) is 3.16. The van der Waals surface area contributed by atoms with Crippen molar-refractivity contribution in [1.82, 2.24) is 4.98 Å². The molecule has 0 aromatic carbocycles. The molecule has 0 radical (unpaired) electrons. The second-order valence-corrected chi connectivity index (χ2v) is 3.16. The van der Waals surface area contributed by atoms with Gasteiger partial charge in [-0.25, -0.2) is 4.98 Å². The molecule has 1 aromatic rings. The van der Waals surface area contributed by atoms with Crippen LogP contribution in [0.3, 0.4) is 0 Å². The van der Waals surface area contributed by atoms with Gasteiger partial charge in [-0.3, -0.25) is 10.1 Å². The van der Waals surface area contributed by atoms with E-state index in [-0.39, 0.29) is 11.4 Å². The summed E-state index contributed by atoms with van der Waals surface area (Å²) in [7, 11) is 1.43. The van der Waals surface area contributed by atoms with Crippen LogP contribution in [0, 0.1) is 10.1 Å². The molecule has 0 N–H and O–H groups in total. The first-order valence-corrected chi connectivity index (χ1v) is 5.06. The van der Waals surface area contributed by atoms with Crippen molar-refractivity contribution in [2.24, 2.45) is 5.11 Å². The van der Waals surface area contributed by atoms with Crippen LogP contribution in [0.25, 0.3) is 16.5 Å². The molecule has 0 amide bonds. The molecule has 0 bridgehead atoms. The Morgan fingerprint density at radius 3 is 3.06 bits per heavy atom. The molecule has 0 saturated carbocycles. The van der Waals surface area contributed by atoms with Crippen LogP contribution < -0.4 is 4.74 Å². The van der Waals surface area contributed by atoms with Crippen molar-refractivity contribution in [3.05, 3.63) is 44.5 Å². The SMILES string of the molecule is COc1ccc([N+](=O)[O-])c(C=CCCN=[N+]=[N-])n1. The van der Waals surface area contributed by atoms with Gasteiger partial charge in [-0.2, -0.15) is 0 Å². The first kappa shape index (κ1) is 13.5. The monoisotopic (exact) mass is 249 g/mol. The third-order valence-electron chi connectivity index (χ3n) is 2.02. The van der Waals surface area contributed by atoms with Crippen LogP contribution >= 0.6 is 0 Å². The summed E-state index contributed by atoms with van der Waals surface area (Å²) in [5, 5.41) is 14.1. The number of aromatic nitrogens is 1. The Hall–Kier alpha value is -2.60. The molecule has 0 spiro atoms. The number of nitrogens with zero attached hydrogens (tertiary/aromatic N) is 5. The lowest BCUT2D eigenvalue weighted by atomic mass is 10.2. The fourth-order valence-electron chi connectivity index (χ4n) is 1.21. The highest BCUT2D eigenvalue weighted by atomic mass is 16.6. The lowest BCUT2D eigenvalue weighted by molar-refractivity contribution is -0.385. The van der Waals surface area contributed by atoms with E-state index in [0.717, 1.165) is 0 Å². The van der Waals surface area contributed by atoms with Gasteiger partial charge in [-0.1, -0.05) is 11.2 Å². The van der Waals surface area contributed by atoms with Crippen molar-refractivity contribution in [2.75, 3.05) is 13.7 Å². The third-order valence-corrected chi connectivity index (χ3v) is 2.02. The summed E-state index contributed by atoms with van der Waals surface area (Å²) in [5.74, 6) is 0.301. The van der Waals surface area contributed by atoms with E-state index in [4.69, 9.17) is 10.3 Å². The van der Waals surface area contributed by atoms with E-state index in [0.29, 0.717) is 18.8 Å². The fourth-order valence-corrected chi connectivity index (χ4v) is 1.21. The van der Waals surface area contributed by atoms with Gasteiger partial charge in [0.05, 0.1) is 12.0 Å². The zero-order chi connectivity index (χ0) is 13.4. The van der Waals surface area contributed by atoms with Crippen molar-refractivity contribution < 1.29 is 9.66 Å². The van der Waals surface area contributed by atoms with Crippen molar-refractivity contribution in [3.8, 4) is 5.88 Å². The highest BCUT2D eigenvalue weighted by Gasteiger charge is 2.13. The summed E-state index contributed by atoms with van der Waals surface area (Å²) >= 11 is 0. The summed E-state index contributed by atoms with van der Waals surface area (Å²) in [6.07, 6.45) is 3.65. The van der Waals surface area contributed by atoms with E-state index in [9.17, 15) is 10.1 Å². The molecule has 0 saturated heterocycles. The Labute approximate surface area is 103 Å². The standard InChI is InChI=1S/C10H11N5O3/c1-18-10-6-5-9(15(16)17)8(13-10)4-2-3-7-12-14-11/h2,4-6H,3,7H2,1H3.